The zero-order valence-electron chi connectivity index (χ0n) is 12.3. The highest BCUT2D eigenvalue weighted by Gasteiger charge is 2.27. The lowest BCUT2D eigenvalue weighted by Gasteiger charge is -2.30. The lowest BCUT2D eigenvalue weighted by atomic mass is 9.98. The number of esters is 1. The van der Waals surface area contributed by atoms with Crippen molar-refractivity contribution in [3.8, 4) is 0 Å². The van der Waals surface area contributed by atoms with Crippen LogP contribution in [0.5, 0.6) is 0 Å². The molecule has 0 aromatic rings. The molecule has 5 nitrogen and oxygen atoms in total. The van der Waals surface area contributed by atoms with Crippen LogP contribution in [-0.2, 0) is 14.3 Å². The number of hydrogen-bond donors (Lipinski definition) is 1. The summed E-state index contributed by atoms with van der Waals surface area (Å²) in [4.78, 5) is 25.3. The topological polar surface area (TPSA) is 58.6 Å². The number of methoxy groups -OCH3 is 1. The Hall–Kier alpha value is -1.10. The van der Waals surface area contributed by atoms with Gasteiger partial charge in [0, 0.05) is 13.1 Å². The smallest absolute Gasteiger partial charge is 0.309 e. The lowest BCUT2D eigenvalue weighted by Crippen LogP contribution is -2.44. The van der Waals surface area contributed by atoms with Gasteiger partial charge in [0.05, 0.1) is 19.6 Å². The maximum Gasteiger partial charge on any atom is 0.309 e. The molecule has 0 aromatic heterocycles. The highest BCUT2D eigenvalue weighted by molar-refractivity contribution is 5.78. The Morgan fingerprint density at radius 1 is 1.42 bits per heavy atom. The third kappa shape index (κ3) is 6.05. The largest absolute Gasteiger partial charge is 0.469 e. The van der Waals surface area contributed by atoms with Gasteiger partial charge in [-0.05, 0) is 31.7 Å². The van der Waals surface area contributed by atoms with Gasteiger partial charge in [-0.3, -0.25) is 14.5 Å². The van der Waals surface area contributed by atoms with Crippen LogP contribution in [0.3, 0.4) is 0 Å². The summed E-state index contributed by atoms with van der Waals surface area (Å²) in [5.41, 5.74) is 0. The molecular weight excluding hydrogens is 244 g/mol. The van der Waals surface area contributed by atoms with E-state index >= 15 is 0 Å². The van der Waals surface area contributed by atoms with Crippen LogP contribution in [0.15, 0.2) is 0 Å². The summed E-state index contributed by atoms with van der Waals surface area (Å²) in [6.07, 6.45) is 2.80. The van der Waals surface area contributed by atoms with Crippen LogP contribution in [0.25, 0.3) is 0 Å². The molecule has 0 bridgehead atoms. The molecule has 0 spiro atoms. The zero-order chi connectivity index (χ0) is 14.3. The summed E-state index contributed by atoms with van der Waals surface area (Å²) in [7, 11) is 1.42. The van der Waals surface area contributed by atoms with Crippen LogP contribution in [0.2, 0.25) is 0 Å². The Kier molecular flexibility index (Phi) is 6.84. The van der Waals surface area contributed by atoms with Crippen LogP contribution < -0.4 is 5.32 Å². The standard InChI is InChI=1S/C14H26N2O3/c1-11(2)6-7-15-13(17)10-16-8-4-5-12(9-16)14(18)19-3/h11-12H,4-10H2,1-3H3,(H,15,17)/t12-/m0/s1. The number of nitrogens with zero attached hydrogens (tertiary/aromatic N) is 1. The maximum atomic E-state index is 11.8. The Morgan fingerprint density at radius 2 is 2.16 bits per heavy atom. The predicted molar refractivity (Wildman–Crippen MR) is 73.6 cm³/mol. The van der Waals surface area contributed by atoms with Crippen molar-refractivity contribution in [3.63, 3.8) is 0 Å². The minimum absolute atomic E-state index is 0.0474. The van der Waals surface area contributed by atoms with E-state index in [1.165, 1.54) is 7.11 Å². The summed E-state index contributed by atoms with van der Waals surface area (Å²) in [6, 6.07) is 0. The van der Waals surface area contributed by atoms with Gasteiger partial charge in [-0.1, -0.05) is 13.8 Å². The molecule has 0 aliphatic carbocycles. The van der Waals surface area contributed by atoms with E-state index in [1.807, 2.05) is 4.90 Å². The number of amides is 1. The van der Waals surface area contributed by atoms with Gasteiger partial charge in [-0.2, -0.15) is 0 Å². The predicted octanol–water partition coefficient (Wildman–Crippen LogP) is 1.03. The quantitative estimate of drug-likeness (QED) is 0.733. The molecule has 1 aliphatic heterocycles. The first kappa shape index (κ1) is 16.0. The van der Waals surface area contributed by atoms with E-state index < -0.39 is 0 Å². The van der Waals surface area contributed by atoms with Gasteiger partial charge < -0.3 is 10.1 Å². The van der Waals surface area contributed by atoms with Crippen molar-refractivity contribution >= 4 is 11.9 Å². The highest BCUT2D eigenvalue weighted by atomic mass is 16.5. The molecule has 1 amide bonds. The van der Waals surface area contributed by atoms with Crippen molar-refractivity contribution in [1.82, 2.24) is 10.2 Å². The first-order valence-electron chi connectivity index (χ1n) is 7.09. The van der Waals surface area contributed by atoms with Gasteiger partial charge in [0.15, 0.2) is 0 Å². The van der Waals surface area contributed by atoms with E-state index in [0.29, 0.717) is 19.0 Å². The fourth-order valence-electron chi connectivity index (χ4n) is 2.32. The molecule has 1 atom stereocenters. The second kappa shape index (κ2) is 8.15. The Balaban J connectivity index is 2.27. The SMILES string of the molecule is COC(=O)[C@H]1CCCN(CC(=O)NCCC(C)C)C1. The number of ether oxygens (including phenoxy) is 1. The van der Waals surface area contributed by atoms with E-state index in [9.17, 15) is 9.59 Å². The van der Waals surface area contributed by atoms with Crippen LogP contribution >= 0.6 is 0 Å². The Morgan fingerprint density at radius 3 is 2.79 bits per heavy atom. The molecule has 1 saturated heterocycles. The summed E-state index contributed by atoms with van der Waals surface area (Å²) in [6.45, 7) is 6.89. The molecule has 1 N–H and O–H groups in total. The molecule has 5 heteroatoms. The first-order chi connectivity index (χ1) is 9.02. The molecule has 1 heterocycles. The Labute approximate surface area is 115 Å². The van der Waals surface area contributed by atoms with E-state index in [1.54, 1.807) is 0 Å². The summed E-state index contributed by atoms with van der Waals surface area (Å²) >= 11 is 0. The second-order valence-corrected chi connectivity index (χ2v) is 5.63. The van der Waals surface area contributed by atoms with Gasteiger partial charge >= 0.3 is 5.97 Å². The zero-order valence-corrected chi connectivity index (χ0v) is 12.3. The number of hydrogen-bond acceptors (Lipinski definition) is 4. The fourth-order valence-corrected chi connectivity index (χ4v) is 2.32. The first-order valence-corrected chi connectivity index (χ1v) is 7.09. The molecule has 110 valence electrons. The van der Waals surface area contributed by atoms with Gasteiger partial charge in [-0.25, -0.2) is 0 Å². The minimum atomic E-state index is -0.162. The number of nitrogens with one attached hydrogen (secondary N) is 1. The van der Waals surface area contributed by atoms with Crippen molar-refractivity contribution in [2.24, 2.45) is 11.8 Å². The number of likely N-dealkylation sites (tertiary alicyclic amines) is 1. The molecule has 19 heavy (non-hydrogen) atoms. The van der Waals surface area contributed by atoms with E-state index in [4.69, 9.17) is 4.74 Å². The fraction of sp³-hybridized carbons (Fsp3) is 0.857. The lowest BCUT2D eigenvalue weighted by molar-refractivity contribution is -0.147. The van der Waals surface area contributed by atoms with Crippen LogP contribution in [0.1, 0.15) is 33.1 Å². The van der Waals surface area contributed by atoms with E-state index in [2.05, 4.69) is 19.2 Å². The molecule has 1 aliphatic rings. The van der Waals surface area contributed by atoms with Gasteiger partial charge in [-0.15, -0.1) is 0 Å². The number of carbonyl (C=O) groups is 2. The van der Waals surface area contributed by atoms with Crippen molar-refractivity contribution in [2.45, 2.75) is 33.1 Å². The third-order valence-electron chi connectivity index (χ3n) is 3.45. The summed E-state index contributed by atoms with van der Waals surface area (Å²) < 4.78 is 4.77. The van der Waals surface area contributed by atoms with Gasteiger partial charge in [0.2, 0.25) is 5.91 Å². The van der Waals surface area contributed by atoms with Crippen LogP contribution in [-0.4, -0.2) is 50.1 Å². The van der Waals surface area contributed by atoms with Crippen molar-refractivity contribution in [1.29, 1.82) is 0 Å². The normalized spacial score (nSPS) is 20.3. The molecule has 0 unspecified atom stereocenters. The highest BCUT2D eigenvalue weighted by Crippen LogP contribution is 2.17. The van der Waals surface area contributed by atoms with E-state index in [-0.39, 0.29) is 17.8 Å². The summed E-state index contributed by atoms with van der Waals surface area (Å²) in [5, 5.41) is 2.92. The molecule has 1 rings (SSSR count). The van der Waals surface area contributed by atoms with E-state index in [0.717, 1.165) is 32.4 Å². The van der Waals surface area contributed by atoms with Gasteiger partial charge in [0.1, 0.15) is 0 Å². The maximum absolute atomic E-state index is 11.8. The van der Waals surface area contributed by atoms with Crippen molar-refractivity contribution in [3.05, 3.63) is 0 Å². The average Bonchev–Trinajstić information content (AvgIpc) is 2.37. The van der Waals surface area contributed by atoms with Crippen LogP contribution in [0, 0.1) is 11.8 Å². The number of piperidine rings is 1. The molecular formula is C14H26N2O3. The average molecular weight is 270 g/mol. The molecule has 1 fully saturated rings. The molecule has 0 saturated carbocycles. The molecule has 0 aromatic carbocycles. The minimum Gasteiger partial charge on any atom is -0.469 e. The summed E-state index contributed by atoms with van der Waals surface area (Å²) in [5.74, 6) is 0.400. The van der Waals surface area contributed by atoms with Crippen LogP contribution in [0.4, 0.5) is 0 Å². The number of rotatable bonds is 6. The Bertz CT molecular complexity index is 305. The van der Waals surface area contributed by atoms with Crippen molar-refractivity contribution in [2.75, 3.05) is 33.3 Å². The monoisotopic (exact) mass is 270 g/mol. The van der Waals surface area contributed by atoms with Crippen molar-refractivity contribution < 1.29 is 14.3 Å². The van der Waals surface area contributed by atoms with Gasteiger partial charge in [0.25, 0.3) is 0 Å². The second-order valence-electron chi connectivity index (χ2n) is 5.63. The molecule has 0 radical (unpaired) electrons. The number of carbonyl (C=O) groups excluding carboxylic acids is 2. The third-order valence-corrected chi connectivity index (χ3v) is 3.45.